The molecule has 1 aromatic heterocycles. The molecule has 6 nitrogen and oxygen atoms in total. The maximum Gasteiger partial charge on any atom is 0.230 e. The van der Waals surface area contributed by atoms with E-state index in [0.717, 1.165) is 39.3 Å². The van der Waals surface area contributed by atoms with Crippen LogP contribution in [0.25, 0.3) is 0 Å². The van der Waals surface area contributed by atoms with Crippen LogP contribution >= 0.6 is 23.1 Å². The number of para-hydroxylation sites is 1. The average Bonchev–Trinajstić information content (AvgIpc) is 3.26. The molecule has 4 aliphatic carbocycles. The van der Waals surface area contributed by atoms with Crippen molar-refractivity contribution in [2.24, 2.45) is 17.8 Å². The lowest BCUT2D eigenvalue weighted by Gasteiger charge is -2.56. The normalized spacial score (nSPS) is 26.9. The lowest BCUT2D eigenvalue weighted by molar-refractivity contribution is -0.124. The van der Waals surface area contributed by atoms with Gasteiger partial charge in [-0.15, -0.1) is 10.2 Å². The highest BCUT2D eigenvalue weighted by atomic mass is 32.2. The topological polar surface area (TPSA) is 76.1 Å². The molecule has 8 heteroatoms. The number of amides is 1. The number of benzene rings is 2. The van der Waals surface area contributed by atoms with Gasteiger partial charge in [0, 0.05) is 11.2 Å². The van der Waals surface area contributed by atoms with Crippen molar-refractivity contribution in [1.29, 1.82) is 0 Å². The Kier molecular flexibility index (Phi) is 5.95. The van der Waals surface area contributed by atoms with Gasteiger partial charge in [0.2, 0.25) is 11.0 Å². The number of carbonyl (C=O) groups is 1. The molecule has 4 fully saturated rings. The molecule has 0 aliphatic heterocycles. The van der Waals surface area contributed by atoms with Crippen molar-refractivity contribution in [2.75, 3.05) is 11.1 Å². The quantitative estimate of drug-likeness (QED) is 0.362. The number of rotatable bonds is 8. The van der Waals surface area contributed by atoms with Crippen molar-refractivity contribution in [2.45, 2.75) is 48.4 Å². The number of hydrogen-bond donors (Lipinski definition) is 2. The molecule has 0 radical (unpaired) electrons. The number of hydrogen-bond acceptors (Lipinski definition) is 7. The van der Waals surface area contributed by atoms with Crippen molar-refractivity contribution in [3.05, 3.63) is 54.6 Å². The number of anilines is 2. The van der Waals surface area contributed by atoms with Gasteiger partial charge in [-0.25, -0.2) is 0 Å². The summed E-state index contributed by atoms with van der Waals surface area (Å²) in [6, 6.07) is 17.4. The molecule has 0 spiro atoms. The SMILES string of the molecule is O=C(CSc1nnc(Nc2ccc(Oc3ccccc3)cc2)s1)NC12CC3CC(CC(C3)C1)C2. The summed E-state index contributed by atoms with van der Waals surface area (Å²) in [4.78, 5) is 12.8. The molecule has 4 saturated carbocycles. The van der Waals surface area contributed by atoms with Crippen LogP contribution < -0.4 is 15.4 Å². The maximum absolute atomic E-state index is 12.8. The first-order valence-corrected chi connectivity index (χ1v) is 13.8. The molecule has 176 valence electrons. The summed E-state index contributed by atoms with van der Waals surface area (Å²) in [5.74, 6) is 4.59. The molecule has 2 N–H and O–H groups in total. The zero-order chi connectivity index (χ0) is 23.0. The van der Waals surface area contributed by atoms with Gasteiger partial charge in [-0.3, -0.25) is 4.79 Å². The lowest BCUT2D eigenvalue weighted by Crippen LogP contribution is -2.60. The van der Waals surface area contributed by atoms with Crippen LogP contribution in [0.3, 0.4) is 0 Å². The van der Waals surface area contributed by atoms with E-state index in [4.69, 9.17) is 4.74 Å². The van der Waals surface area contributed by atoms with Crippen molar-refractivity contribution in [1.82, 2.24) is 15.5 Å². The fourth-order valence-electron chi connectivity index (χ4n) is 6.40. The van der Waals surface area contributed by atoms with Gasteiger partial charge in [0.15, 0.2) is 4.34 Å². The van der Waals surface area contributed by atoms with E-state index in [1.807, 2.05) is 54.6 Å². The first-order valence-electron chi connectivity index (χ1n) is 12.0. The van der Waals surface area contributed by atoms with Gasteiger partial charge >= 0.3 is 0 Å². The number of aromatic nitrogens is 2. The van der Waals surface area contributed by atoms with E-state index < -0.39 is 0 Å². The Morgan fingerprint density at radius 1 is 0.941 bits per heavy atom. The summed E-state index contributed by atoms with van der Waals surface area (Å²) in [6.45, 7) is 0. The molecule has 2 aromatic carbocycles. The number of nitrogens with one attached hydrogen (secondary N) is 2. The van der Waals surface area contributed by atoms with Gasteiger partial charge < -0.3 is 15.4 Å². The molecule has 0 unspecified atom stereocenters. The molecule has 7 rings (SSSR count). The Labute approximate surface area is 207 Å². The van der Waals surface area contributed by atoms with Crippen LogP contribution in [0.2, 0.25) is 0 Å². The average molecular weight is 493 g/mol. The van der Waals surface area contributed by atoms with Crippen LogP contribution in [-0.4, -0.2) is 27.4 Å². The third-order valence-corrected chi connectivity index (χ3v) is 9.23. The fraction of sp³-hybridized carbons (Fsp3) is 0.423. The van der Waals surface area contributed by atoms with Crippen LogP contribution in [0.5, 0.6) is 11.5 Å². The van der Waals surface area contributed by atoms with Crippen molar-refractivity contribution < 1.29 is 9.53 Å². The largest absolute Gasteiger partial charge is 0.457 e. The molecular weight excluding hydrogens is 464 g/mol. The first-order chi connectivity index (χ1) is 16.6. The molecule has 0 saturated heterocycles. The Morgan fingerprint density at radius 2 is 1.59 bits per heavy atom. The monoisotopic (exact) mass is 492 g/mol. The second-order valence-corrected chi connectivity index (χ2v) is 12.2. The van der Waals surface area contributed by atoms with Crippen LogP contribution in [0.15, 0.2) is 58.9 Å². The molecule has 1 heterocycles. The Bertz CT molecular complexity index is 1110. The molecule has 34 heavy (non-hydrogen) atoms. The van der Waals surface area contributed by atoms with E-state index in [2.05, 4.69) is 20.8 Å². The Hall–Kier alpha value is -2.58. The van der Waals surface area contributed by atoms with Crippen molar-refractivity contribution >= 4 is 39.8 Å². The zero-order valence-corrected chi connectivity index (χ0v) is 20.5. The highest BCUT2D eigenvalue weighted by Crippen LogP contribution is 2.55. The van der Waals surface area contributed by atoms with Crippen molar-refractivity contribution in [3.63, 3.8) is 0 Å². The summed E-state index contributed by atoms with van der Waals surface area (Å²) in [5.41, 5.74) is 0.976. The minimum atomic E-state index is 0.0661. The summed E-state index contributed by atoms with van der Waals surface area (Å²) in [6.07, 6.45) is 7.68. The standard InChI is InChI=1S/C26H28N4O2S2/c31-23(28-26-13-17-10-18(14-26)12-19(11-17)15-26)16-33-25-30-29-24(34-25)27-20-6-8-22(9-7-20)32-21-4-2-1-3-5-21/h1-9,17-19H,10-16H2,(H,27,29)(H,28,31). The summed E-state index contributed by atoms with van der Waals surface area (Å²) in [7, 11) is 0. The predicted octanol–water partition coefficient (Wildman–Crippen LogP) is 6.25. The summed E-state index contributed by atoms with van der Waals surface area (Å²) >= 11 is 2.93. The second-order valence-electron chi connectivity index (χ2n) is 9.97. The van der Waals surface area contributed by atoms with Crippen LogP contribution in [0, 0.1) is 17.8 Å². The van der Waals surface area contributed by atoms with E-state index in [1.54, 1.807) is 0 Å². The van der Waals surface area contributed by atoms with Gasteiger partial charge in [0.05, 0.1) is 5.75 Å². The van der Waals surface area contributed by atoms with Crippen LogP contribution in [-0.2, 0) is 4.79 Å². The third kappa shape index (κ3) is 4.93. The van der Waals surface area contributed by atoms with E-state index in [0.29, 0.717) is 10.9 Å². The summed E-state index contributed by atoms with van der Waals surface area (Å²) < 4.78 is 6.63. The Morgan fingerprint density at radius 3 is 2.26 bits per heavy atom. The van der Waals surface area contributed by atoms with Gasteiger partial charge in [-0.05, 0) is 92.7 Å². The number of ether oxygens (including phenoxy) is 1. The maximum atomic E-state index is 12.8. The van der Waals surface area contributed by atoms with Crippen LogP contribution in [0.4, 0.5) is 10.8 Å². The first kappa shape index (κ1) is 21.9. The smallest absolute Gasteiger partial charge is 0.230 e. The van der Waals surface area contributed by atoms with Gasteiger partial charge in [-0.1, -0.05) is 41.3 Å². The number of thioether (sulfide) groups is 1. The molecule has 0 atom stereocenters. The summed E-state index contributed by atoms with van der Waals surface area (Å²) in [5, 5.41) is 15.9. The Balaban J connectivity index is 0.996. The molecule has 4 bridgehead atoms. The van der Waals surface area contributed by atoms with E-state index in [9.17, 15) is 4.79 Å². The van der Waals surface area contributed by atoms with Gasteiger partial charge in [0.1, 0.15) is 11.5 Å². The van der Waals surface area contributed by atoms with Gasteiger partial charge in [-0.2, -0.15) is 0 Å². The highest BCUT2D eigenvalue weighted by Gasteiger charge is 2.51. The minimum absolute atomic E-state index is 0.0661. The van der Waals surface area contributed by atoms with E-state index >= 15 is 0 Å². The molecule has 1 amide bonds. The minimum Gasteiger partial charge on any atom is -0.457 e. The lowest BCUT2D eigenvalue weighted by atomic mass is 9.53. The number of carbonyl (C=O) groups excluding carboxylic acids is 1. The number of nitrogens with zero attached hydrogens (tertiary/aromatic N) is 2. The van der Waals surface area contributed by atoms with Crippen molar-refractivity contribution in [3.8, 4) is 11.5 Å². The molecular formula is C26H28N4O2S2. The van der Waals surface area contributed by atoms with Crippen LogP contribution in [0.1, 0.15) is 38.5 Å². The van der Waals surface area contributed by atoms with E-state index in [1.165, 1.54) is 61.6 Å². The van der Waals surface area contributed by atoms with Gasteiger partial charge in [0.25, 0.3) is 0 Å². The highest BCUT2D eigenvalue weighted by molar-refractivity contribution is 8.01. The third-order valence-electron chi connectivity index (χ3n) is 7.26. The molecule has 3 aromatic rings. The predicted molar refractivity (Wildman–Crippen MR) is 136 cm³/mol. The fourth-order valence-corrected chi connectivity index (χ4v) is 7.97. The zero-order valence-electron chi connectivity index (χ0n) is 18.9. The van der Waals surface area contributed by atoms with E-state index in [-0.39, 0.29) is 11.4 Å². The second kappa shape index (κ2) is 9.23. The molecule has 4 aliphatic rings.